The van der Waals surface area contributed by atoms with Crippen LogP contribution in [0.5, 0.6) is 0 Å². The Labute approximate surface area is 182 Å². The van der Waals surface area contributed by atoms with E-state index < -0.39 is 5.97 Å². The molecule has 2 aromatic rings. The largest absolute Gasteiger partial charge is 0.457 e. The number of para-hydroxylation sites is 1. The lowest BCUT2D eigenvalue weighted by Crippen LogP contribution is -2.28. The molecule has 0 bridgehead atoms. The zero-order chi connectivity index (χ0) is 22.4. The average Bonchev–Trinajstić information content (AvgIpc) is 2.94. The number of hydrogen-bond acceptors (Lipinski definition) is 5. The van der Waals surface area contributed by atoms with Crippen LogP contribution in [0, 0.1) is 0 Å². The van der Waals surface area contributed by atoms with E-state index in [9.17, 15) is 14.4 Å². The Morgan fingerprint density at radius 3 is 2.42 bits per heavy atom. The molecule has 0 saturated carbocycles. The molecule has 0 unspecified atom stereocenters. The summed E-state index contributed by atoms with van der Waals surface area (Å²) < 4.78 is 5.09. The van der Waals surface area contributed by atoms with Gasteiger partial charge in [0.15, 0.2) is 12.4 Å². The second-order valence-electron chi connectivity index (χ2n) is 8.12. The second-order valence-corrected chi connectivity index (χ2v) is 8.12. The molecule has 1 aliphatic rings. The van der Waals surface area contributed by atoms with Gasteiger partial charge < -0.3 is 15.0 Å². The van der Waals surface area contributed by atoms with Crippen molar-refractivity contribution in [2.45, 2.75) is 32.1 Å². The highest BCUT2D eigenvalue weighted by atomic mass is 16.5. The van der Waals surface area contributed by atoms with Crippen molar-refractivity contribution in [3.63, 3.8) is 0 Å². The van der Waals surface area contributed by atoms with E-state index >= 15 is 0 Å². The van der Waals surface area contributed by atoms with Crippen molar-refractivity contribution in [2.24, 2.45) is 0 Å². The van der Waals surface area contributed by atoms with Gasteiger partial charge in [0, 0.05) is 36.5 Å². The van der Waals surface area contributed by atoms with Crippen molar-refractivity contribution in [2.75, 3.05) is 25.1 Å². The molecular formula is C25H28N2O4. The van der Waals surface area contributed by atoms with Crippen molar-refractivity contribution in [1.29, 1.82) is 0 Å². The number of nitrogens with zero attached hydrogens (tertiary/aromatic N) is 1. The van der Waals surface area contributed by atoms with Crippen molar-refractivity contribution < 1.29 is 19.1 Å². The zero-order valence-corrected chi connectivity index (χ0v) is 18.2. The molecule has 1 heterocycles. The normalized spacial score (nSPS) is 15.5. The number of rotatable bonds is 8. The molecule has 0 radical (unpaired) electrons. The third-order valence-electron chi connectivity index (χ3n) is 5.47. The maximum atomic E-state index is 12.4. The first-order valence-electron chi connectivity index (χ1n) is 10.3. The van der Waals surface area contributed by atoms with Gasteiger partial charge in [0.05, 0.1) is 12.8 Å². The second kappa shape index (κ2) is 9.60. The zero-order valence-electron chi connectivity index (χ0n) is 18.2. The number of nitrogens with one attached hydrogen (secondary N) is 1. The summed E-state index contributed by atoms with van der Waals surface area (Å²) in [7, 11) is 1.93. The highest BCUT2D eigenvalue weighted by Crippen LogP contribution is 2.46. The van der Waals surface area contributed by atoms with E-state index in [0.717, 1.165) is 22.5 Å². The number of ketones is 1. The Hall–Kier alpha value is -3.41. The SMILES string of the molecule is CN1/C(=C\C(=O)COC(=O)CCNC(=O)Cc2ccccc2)C(C)(C)c2ccccc21. The first-order chi connectivity index (χ1) is 14.8. The minimum Gasteiger partial charge on any atom is -0.457 e. The highest BCUT2D eigenvalue weighted by molar-refractivity contribution is 5.94. The Morgan fingerprint density at radius 1 is 1.03 bits per heavy atom. The number of allylic oxidation sites excluding steroid dienone is 1. The number of anilines is 1. The van der Waals surface area contributed by atoms with Gasteiger partial charge in [-0.1, -0.05) is 62.4 Å². The van der Waals surface area contributed by atoms with Crippen molar-refractivity contribution in [3.05, 3.63) is 77.5 Å². The summed E-state index contributed by atoms with van der Waals surface area (Å²) in [6.45, 7) is 3.99. The Kier molecular flexibility index (Phi) is 6.90. The maximum absolute atomic E-state index is 12.4. The topological polar surface area (TPSA) is 75.7 Å². The smallest absolute Gasteiger partial charge is 0.308 e. The van der Waals surface area contributed by atoms with Crippen LogP contribution in [0.1, 0.15) is 31.4 Å². The molecule has 31 heavy (non-hydrogen) atoms. The van der Waals surface area contributed by atoms with Gasteiger partial charge in [-0.15, -0.1) is 0 Å². The number of ether oxygens (including phenoxy) is 1. The van der Waals surface area contributed by atoms with Crippen LogP contribution in [0.3, 0.4) is 0 Å². The summed E-state index contributed by atoms with van der Waals surface area (Å²) >= 11 is 0. The lowest BCUT2D eigenvalue weighted by Gasteiger charge is -2.23. The van der Waals surface area contributed by atoms with Gasteiger partial charge in [-0.3, -0.25) is 14.4 Å². The molecule has 0 aliphatic carbocycles. The predicted octanol–water partition coefficient (Wildman–Crippen LogP) is 3.16. The van der Waals surface area contributed by atoms with Crippen LogP contribution >= 0.6 is 0 Å². The molecule has 6 heteroatoms. The number of likely N-dealkylation sites (N-methyl/N-ethyl adjacent to an activating group) is 1. The van der Waals surface area contributed by atoms with Gasteiger partial charge in [0.1, 0.15) is 0 Å². The predicted molar refractivity (Wildman–Crippen MR) is 120 cm³/mol. The molecular weight excluding hydrogens is 392 g/mol. The fourth-order valence-corrected chi connectivity index (χ4v) is 3.82. The average molecular weight is 421 g/mol. The van der Waals surface area contributed by atoms with Crippen LogP contribution in [-0.4, -0.2) is 37.9 Å². The van der Waals surface area contributed by atoms with Gasteiger partial charge in [0.25, 0.3) is 0 Å². The summed E-state index contributed by atoms with van der Waals surface area (Å²) in [5.74, 6) is -0.954. The molecule has 0 fully saturated rings. The minimum atomic E-state index is -0.519. The molecule has 3 rings (SSSR count). The van der Waals surface area contributed by atoms with Gasteiger partial charge >= 0.3 is 5.97 Å². The molecule has 1 aliphatic heterocycles. The fraction of sp³-hybridized carbons (Fsp3) is 0.320. The first-order valence-corrected chi connectivity index (χ1v) is 10.3. The Morgan fingerprint density at radius 2 is 1.71 bits per heavy atom. The molecule has 2 aromatic carbocycles. The van der Waals surface area contributed by atoms with Crippen molar-refractivity contribution in [1.82, 2.24) is 5.32 Å². The summed E-state index contributed by atoms with van der Waals surface area (Å²) in [6.07, 6.45) is 1.82. The van der Waals surface area contributed by atoms with Crippen molar-refractivity contribution in [3.8, 4) is 0 Å². The molecule has 0 saturated heterocycles. The van der Waals surface area contributed by atoms with Gasteiger partial charge in [-0.2, -0.15) is 0 Å². The third kappa shape index (κ3) is 5.40. The minimum absolute atomic E-state index is 0.0151. The number of hydrogen-bond donors (Lipinski definition) is 1. The van der Waals surface area contributed by atoms with Crippen molar-refractivity contribution >= 4 is 23.3 Å². The van der Waals surface area contributed by atoms with E-state index in [1.807, 2.05) is 60.5 Å². The molecule has 1 amide bonds. The van der Waals surface area contributed by atoms with E-state index in [1.165, 1.54) is 0 Å². The fourth-order valence-electron chi connectivity index (χ4n) is 3.82. The van der Waals surface area contributed by atoms with Crippen LogP contribution in [0.4, 0.5) is 5.69 Å². The standard InChI is InChI=1S/C25H28N2O4/c1-25(2)20-11-7-8-12-21(20)27(3)22(25)16-19(28)17-31-24(30)13-14-26-23(29)15-18-9-5-4-6-10-18/h4-12,16H,13-15,17H2,1-3H3,(H,26,29)/b22-16-. The molecule has 6 nitrogen and oxygen atoms in total. The molecule has 0 atom stereocenters. The molecule has 1 N–H and O–H groups in total. The highest BCUT2D eigenvalue weighted by Gasteiger charge is 2.38. The van der Waals surface area contributed by atoms with Crippen LogP contribution in [0.2, 0.25) is 0 Å². The Balaban J connectivity index is 1.44. The molecule has 162 valence electrons. The van der Waals surface area contributed by atoms with E-state index in [0.29, 0.717) is 0 Å². The monoisotopic (exact) mass is 420 g/mol. The lowest BCUT2D eigenvalue weighted by molar-refractivity contribution is -0.146. The number of carbonyl (C=O) groups is 3. The van der Waals surface area contributed by atoms with E-state index in [2.05, 4.69) is 25.2 Å². The maximum Gasteiger partial charge on any atom is 0.308 e. The van der Waals surface area contributed by atoms with Gasteiger partial charge in [-0.05, 0) is 17.2 Å². The number of amides is 1. The first kappa shape index (κ1) is 22.3. The van der Waals surface area contributed by atoms with E-state index in [-0.39, 0.29) is 43.1 Å². The summed E-state index contributed by atoms with van der Waals surface area (Å²) in [6, 6.07) is 17.4. The Bertz CT molecular complexity index is 996. The van der Waals surface area contributed by atoms with E-state index in [1.54, 1.807) is 6.08 Å². The molecule has 0 spiro atoms. The van der Waals surface area contributed by atoms with Gasteiger partial charge in [0.2, 0.25) is 5.91 Å². The quantitative estimate of drug-likeness (QED) is 0.524. The lowest BCUT2D eigenvalue weighted by atomic mass is 9.83. The number of benzene rings is 2. The number of fused-ring (bicyclic) bond motifs is 1. The number of carbonyl (C=O) groups excluding carboxylic acids is 3. The van der Waals surface area contributed by atoms with Crippen LogP contribution < -0.4 is 10.2 Å². The number of esters is 1. The summed E-state index contributed by atoms with van der Waals surface area (Å²) in [5, 5.41) is 2.69. The van der Waals surface area contributed by atoms with Crippen LogP contribution in [0.25, 0.3) is 0 Å². The molecule has 0 aromatic heterocycles. The summed E-state index contributed by atoms with van der Waals surface area (Å²) in [5.41, 5.74) is 3.68. The van der Waals surface area contributed by atoms with Crippen LogP contribution in [0.15, 0.2) is 66.4 Å². The van der Waals surface area contributed by atoms with Gasteiger partial charge in [-0.25, -0.2) is 0 Å². The third-order valence-corrected chi connectivity index (χ3v) is 5.47. The van der Waals surface area contributed by atoms with Crippen LogP contribution in [-0.2, 0) is 31.0 Å². The summed E-state index contributed by atoms with van der Waals surface area (Å²) in [4.78, 5) is 38.3. The van der Waals surface area contributed by atoms with E-state index in [4.69, 9.17) is 4.74 Å².